The van der Waals surface area contributed by atoms with E-state index in [2.05, 4.69) is 41.9 Å². The van der Waals surface area contributed by atoms with Gasteiger partial charge in [-0.05, 0) is 36.5 Å². The molecule has 0 saturated carbocycles. The minimum absolute atomic E-state index is 0.0281. The number of anilines is 1. The van der Waals surface area contributed by atoms with E-state index >= 15 is 0 Å². The van der Waals surface area contributed by atoms with E-state index < -0.39 is 11.5 Å². The van der Waals surface area contributed by atoms with E-state index in [0.29, 0.717) is 25.0 Å². The number of nitrogens with zero attached hydrogens (tertiary/aromatic N) is 1. The molecular formula is C29H32N2O4. The summed E-state index contributed by atoms with van der Waals surface area (Å²) in [5, 5.41) is 3.59. The Bertz CT molecular complexity index is 1200. The Labute approximate surface area is 206 Å². The fourth-order valence-corrected chi connectivity index (χ4v) is 6.48. The van der Waals surface area contributed by atoms with Crippen molar-refractivity contribution in [1.82, 2.24) is 4.90 Å². The zero-order valence-corrected chi connectivity index (χ0v) is 20.5. The van der Waals surface area contributed by atoms with E-state index in [4.69, 9.17) is 9.47 Å². The predicted octanol–water partition coefficient (Wildman–Crippen LogP) is 4.58. The van der Waals surface area contributed by atoms with Gasteiger partial charge in [-0.1, -0.05) is 67.6 Å². The number of carbonyl (C=O) groups excluding carboxylic acids is 2. The molecule has 0 aromatic heterocycles. The molecule has 1 spiro atoms. The molecule has 1 fully saturated rings. The monoisotopic (exact) mass is 472 g/mol. The molecule has 1 aliphatic carbocycles. The molecule has 0 bridgehead atoms. The van der Waals surface area contributed by atoms with Crippen LogP contribution in [-0.4, -0.2) is 43.1 Å². The number of likely N-dealkylation sites (tertiary alicyclic amines) is 1. The van der Waals surface area contributed by atoms with Crippen LogP contribution in [0.15, 0.2) is 78.0 Å². The van der Waals surface area contributed by atoms with Crippen molar-refractivity contribution in [2.45, 2.75) is 50.2 Å². The highest BCUT2D eigenvalue weighted by Crippen LogP contribution is 2.61. The SMILES string of the molecule is C=C(CC)[C@@H]1C[C@@H]2N(Cc3ccccc3)[C@H](C(=O)OC)C[C@]23C(=C1C(=O)OC)Nc1ccccc13. The maximum atomic E-state index is 13.3. The van der Waals surface area contributed by atoms with E-state index in [-0.39, 0.29) is 23.9 Å². The topological polar surface area (TPSA) is 67.9 Å². The standard InChI is InChI=1S/C29H32N2O4/c1-5-18(2)20-15-24-29(16-23(27(32)34-3)31(24)17-19-11-7-6-8-12-19)21-13-9-10-14-22(21)30-26(29)25(20)28(33)35-4/h6-14,20,23-24,30H,2,5,15-17H2,1,3-4H3/t20-,23-,24-,29+/m0/s1. The van der Waals surface area contributed by atoms with Crippen molar-refractivity contribution in [3.05, 3.63) is 89.1 Å². The van der Waals surface area contributed by atoms with Crippen LogP contribution in [0, 0.1) is 5.92 Å². The summed E-state index contributed by atoms with van der Waals surface area (Å²) in [6.45, 7) is 7.01. The second kappa shape index (κ2) is 9.00. The lowest BCUT2D eigenvalue weighted by molar-refractivity contribution is -0.146. The fraction of sp³-hybridized carbons (Fsp3) is 0.379. The lowest BCUT2D eigenvalue weighted by atomic mass is 9.62. The third-order valence-electron chi connectivity index (χ3n) is 8.11. The minimum atomic E-state index is -0.543. The lowest BCUT2D eigenvalue weighted by Gasteiger charge is -2.44. The number of rotatable bonds is 6. The van der Waals surface area contributed by atoms with Crippen molar-refractivity contribution in [2.75, 3.05) is 19.5 Å². The maximum Gasteiger partial charge on any atom is 0.336 e. The lowest BCUT2D eigenvalue weighted by Crippen LogP contribution is -2.50. The molecule has 2 aromatic rings. The third kappa shape index (κ3) is 3.50. The molecule has 182 valence electrons. The van der Waals surface area contributed by atoms with E-state index in [1.54, 1.807) is 0 Å². The van der Waals surface area contributed by atoms with Crippen LogP contribution in [0.4, 0.5) is 5.69 Å². The summed E-state index contributed by atoms with van der Waals surface area (Å²) >= 11 is 0. The predicted molar refractivity (Wildman–Crippen MR) is 135 cm³/mol. The summed E-state index contributed by atoms with van der Waals surface area (Å²) in [6, 6.07) is 17.9. The number of para-hydroxylation sites is 1. The van der Waals surface area contributed by atoms with Crippen molar-refractivity contribution >= 4 is 17.6 Å². The maximum absolute atomic E-state index is 13.3. The summed E-state index contributed by atoms with van der Waals surface area (Å²) in [6.07, 6.45) is 1.96. The van der Waals surface area contributed by atoms with Gasteiger partial charge < -0.3 is 14.8 Å². The highest BCUT2D eigenvalue weighted by Gasteiger charge is 2.64. The first kappa shape index (κ1) is 23.4. The van der Waals surface area contributed by atoms with Gasteiger partial charge in [0.15, 0.2) is 0 Å². The Morgan fingerprint density at radius 2 is 1.80 bits per heavy atom. The van der Waals surface area contributed by atoms with Crippen LogP contribution < -0.4 is 5.32 Å². The second-order valence-electron chi connectivity index (χ2n) is 9.64. The van der Waals surface area contributed by atoms with E-state index in [1.807, 2.05) is 36.4 Å². The molecule has 6 nitrogen and oxygen atoms in total. The van der Waals surface area contributed by atoms with Gasteiger partial charge >= 0.3 is 11.9 Å². The van der Waals surface area contributed by atoms with Crippen LogP contribution in [0.1, 0.15) is 37.3 Å². The zero-order chi connectivity index (χ0) is 24.7. The van der Waals surface area contributed by atoms with Crippen LogP contribution in [0.25, 0.3) is 0 Å². The molecule has 2 aliphatic heterocycles. The largest absolute Gasteiger partial charge is 0.468 e. The molecule has 0 radical (unpaired) electrons. The van der Waals surface area contributed by atoms with Gasteiger partial charge in [0.05, 0.1) is 25.2 Å². The van der Waals surface area contributed by atoms with Crippen molar-refractivity contribution < 1.29 is 19.1 Å². The first-order chi connectivity index (χ1) is 17.0. The molecule has 1 saturated heterocycles. The van der Waals surface area contributed by atoms with Gasteiger partial charge in [0.2, 0.25) is 0 Å². The van der Waals surface area contributed by atoms with E-state index in [9.17, 15) is 9.59 Å². The number of allylic oxidation sites excluding steroid dienone is 1. The number of hydrogen-bond donors (Lipinski definition) is 1. The molecule has 5 rings (SSSR count). The van der Waals surface area contributed by atoms with Gasteiger partial charge in [0, 0.05) is 29.9 Å². The van der Waals surface area contributed by atoms with Crippen molar-refractivity contribution in [3.63, 3.8) is 0 Å². The van der Waals surface area contributed by atoms with Gasteiger partial charge in [-0.3, -0.25) is 9.69 Å². The second-order valence-corrected chi connectivity index (χ2v) is 9.64. The number of methoxy groups -OCH3 is 2. The summed E-state index contributed by atoms with van der Waals surface area (Å²) in [7, 11) is 2.87. The van der Waals surface area contributed by atoms with Crippen molar-refractivity contribution in [3.8, 4) is 0 Å². The first-order valence-corrected chi connectivity index (χ1v) is 12.2. The summed E-state index contributed by atoms with van der Waals surface area (Å²) in [5.74, 6) is -0.759. The quantitative estimate of drug-likeness (QED) is 0.490. The van der Waals surface area contributed by atoms with E-state index in [1.165, 1.54) is 14.2 Å². The van der Waals surface area contributed by atoms with Gasteiger partial charge in [-0.2, -0.15) is 0 Å². The Kier molecular flexibility index (Phi) is 6.01. The smallest absolute Gasteiger partial charge is 0.336 e. The zero-order valence-electron chi connectivity index (χ0n) is 20.5. The molecule has 3 aliphatic rings. The van der Waals surface area contributed by atoms with Gasteiger partial charge in [0.25, 0.3) is 0 Å². The average Bonchev–Trinajstić information content (AvgIpc) is 3.40. The van der Waals surface area contributed by atoms with Gasteiger partial charge in [0.1, 0.15) is 6.04 Å². The van der Waals surface area contributed by atoms with Crippen LogP contribution in [-0.2, 0) is 31.0 Å². The molecule has 35 heavy (non-hydrogen) atoms. The number of benzene rings is 2. The molecule has 1 N–H and O–H groups in total. The molecule has 2 heterocycles. The number of carbonyl (C=O) groups is 2. The van der Waals surface area contributed by atoms with Gasteiger partial charge in [-0.15, -0.1) is 0 Å². The molecule has 6 heteroatoms. The average molecular weight is 473 g/mol. The normalized spacial score (nSPS) is 26.9. The summed E-state index contributed by atoms with van der Waals surface area (Å²) in [4.78, 5) is 28.7. The molecule has 2 aromatic carbocycles. The number of esters is 2. The Hall–Kier alpha value is -3.38. The van der Waals surface area contributed by atoms with Crippen LogP contribution >= 0.6 is 0 Å². The van der Waals surface area contributed by atoms with E-state index in [0.717, 1.165) is 34.5 Å². The molecule has 4 atom stereocenters. The summed E-state index contributed by atoms with van der Waals surface area (Å²) in [5.41, 5.74) is 5.16. The summed E-state index contributed by atoms with van der Waals surface area (Å²) < 4.78 is 10.6. The third-order valence-corrected chi connectivity index (χ3v) is 8.11. The Morgan fingerprint density at radius 3 is 2.49 bits per heavy atom. The number of fused-ring (bicyclic) bond motifs is 1. The van der Waals surface area contributed by atoms with Gasteiger partial charge in [-0.25, -0.2) is 4.79 Å². The van der Waals surface area contributed by atoms with Crippen LogP contribution in [0.3, 0.4) is 0 Å². The van der Waals surface area contributed by atoms with Crippen molar-refractivity contribution in [2.24, 2.45) is 5.92 Å². The highest BCUT2D eigenvalue weighted by molar-refractivity contribution is 5.94. The highest BCUT2D eigenvalue weighted by atomic mass is 16.5. The Morgan fingerprint density at radius 1 is 1.09 bits per heavy atom. The van der Waals surface area contributed by atoms with Crippen LogP contribution in [0.2, 0.25) is 0 Å². The first-order valence-electron chi connectivity index (χ1n) is 12.2. The minimum Gasteiger partial charge on any atom is -0.468 e. The Balaban J connectivity index is 1.75. The molecular weight excluding hydrogens is 440 g/mol. The fourth-order valence-electron chi connectivity index (χ4n) is 6.48. The number of ether oxygens (including phenoxy) is 2. The van der Waals surface area contributed by atoms with Crippen LogP contribution in [0.5, 0.6) is 0 Å². The number of hydrogen-bond acceptors (Lipinski definition) is 6. The molecule has 0 unspecified atom stereocenters. The van der Waals surface area contributed by atoms with Crippen molar-refractivity contribution in [1.29, 1.82) is 0 Å². The number of nitrogens with one attached hydrogen (secondary N) is 1. The molecule has 0 amide bonds.